The molecule has 1 N–H and O–H groups in total. The van der Waals surface area contributed by atoms with Crippen LogP contribution in [-0.2, 0) is 33.3 Å². The van der Waals surface area contributed by atoms with E-state index < -0.39 is 33.7 Å². The fourth-order valence-corrected chi connectivity index (χ4v) is 4.46. The quantitative estimate of drug-likeness (QED) is 0.757. The normalized spacial score (nSPS) is 25.6. The standard InChI is InChI=1S/C18H24F3N5O3S/c1-12-9-17(29-30(27,28)25(2)3,10-15(22-12)16-11-26(4)24-23-16)13-5-7-14(8-6-13)18(19,20)21/h5-8,11-12,15,22H,9-10H2,1-4H3/t12-,15-,17-/m0/s1. The van der Waals surface area contributed by atoms with Gasteiger partial charge in [0.05, 0.1) is 17.3 Å². The third kappa shape index (κ3) is 4.66. The summed E-state index contributed by atoms with van der Waals surface area (Å²) in [5.74, 6) is 0. The first-order valence-corrected chi connectivity index (χ1v) is 10.6. The molecule has 3 rings (SSSR count). The van der Waals surface area contributed by atoms with Crippen molar-refractivity contribution in [2.45, 2.75) is 43.6 Å². The van der Waals surface area contributed by atoms with Gasteiger partial charge in [0.15, 0.2) is 0 Å². The molecular formula is C18H24F3N5O3S. The van der Waals surface area contributed by atoms with Gasteiger partial charge in [-0.05, 0) is 31.0 Å². The first-order valence-electron chi connectivity index (χ1n) is 9.25. The molecule has 8 nitrogen and oxygen atoms in total. The summed E-state index contributed by atoms with van der Waals surface area (Å²) in [6.07, 6.45) is -2.41. The van der Waals surface area contributed by atoms with Gasteiger partial charge in [-0.2, -0.15) is 25.9 Å². The number of nitrogens with one attached hydrogen (secondary N) is 1. The number of hydrogen-bond acceptors (Lipinski definition) is 6. The SMILES string of the molecule is C[C@H]1C[C@@](OS(=O)(=O)N(C)C)(c2ccc(C(F)(F)F)cc2)C[C@@H](c2cn(C)nn2)N1. The highest BCUT2D eigenvalue weighted by Gasteiger charge is 2.46. The maximum Gasteiger partial charge on any atom is 0.416 e. The van der Waals surface area contributed by atoms with Crippen molar-refractivity contribution in [2.24, 2.45) is 7.05 Å². The molecule has 1 saturated heterocycles. The minimum absolute atomic E-state index is 0.147. The summed E-state index contributed by atoms with van der Waals surface area (Å²) in [7, 11) is 0.250. The van der Waals surface area contributed by atoms with E-state index in [9.17, 15) is 21.6 Å². The van der Waals surface area contributed by atoms with Gasteiger partial charge in [0, 0.05) is 39.8 Å². The molecule has 3 atom stereocenters. The molecule has 12 heteroatoms. The van der Waals surface area contributed by atoms with Gasteiger partial charge in [0.2, 0.25) is 0 Å². The Morgan fingerprint density at radius 1 is 1.23 bits per heavy atom. The molecule has 166 valence electrons. The number of rotatable bonds is 5. The molecule has 2 heterocycles. The monoisotopic (exact) mass is 447 g/mol. The molecular weight excluding hydrogens is 423 g/mol. The van der Waals surface area contributed by atoms with Crippen molar-refractivity contribution >= 4 is 10.3 Å². The Bertz CT molecular complexity index is 991. The Morgan fingerprint density at radius 2 is 1.87 bits per heavy atom. The Labute approximate surface area is 173 Å². The molecule has 1 aliphatic rings. The lowest BCUT2D eigenvalue weighted by atomic mass is 9.78. The van der Waals surface area contributed by atoms with Crippen molar-refractivity contribution in [3.8, 4) is 0 Å². The van der Waals surface area contributed by atoms with E-state index >= 15 is 0 Å². The number of alkyl halides is 3. The van der Waals surface area contributed by atoms with Crippen molar-refractivity contribution in [3.63, 3.8) is 0 Å². The zero-order valence-electron chi connectivity index (χ0n) is 17.0. The summed E-state index contributed by atoms with van der Waals surface area (Å²) in [6.45, 7) is 1.85. The fourth-order valence-electron chi connectivity index (χ4n) is 3.67. The van der Waals surface area contributed by atoms with Crippen LogP contribution in [0.15, 0.2) is 30.5 Å². The molecule has 1 aromatic carbocycles. The topological polar surface area (TPSA) is 89.4 Å². The van der Waals surface area contributed by atoms with E-state index in [0.29, 0.717) is 11.3 Å². The summed E-state index contributed by atoms with van der Waals surface area (Å²) >= 11 is 0. The van der Waals surface area contributed by atoms with Gasteiger partial charge in [0.1, 0.15) is 5.60 Å². The van der Waals surface area contributed by atoms with Gasteiger partial charge in [-0.15, -0.1) is 5.10 Å². The van der Waals surface area contributed by atoms with Crippen LogP contribution >= 0.6 is 0 Å². The second-order valence-corrected chi connectivity index (χ2v) is 9.49. The second-order valence-electron chi connectivity index (χ2n) is 7.74. The number of nitrogens with zero attached hydrogens (tertiary/aromatic N) is 4. The Hall–Kier alpha value is -2.02. The Morgan fingerprint density at radius 3 is 2.37 bits per heavy atom. The van der Waals surface area contributed by atoms with Crippen LogP contribution < -0.4 is 5.32 Å². The molecule has 0 unspecified atom stereocenters. The molecule has 30 heavy (non-hydrogen) atoms. The van der Waals surface area contributed by atoms with Crippen LogP contribution in [0.25, 0.3) is 0 Å². The van der Waals surface area contributed by atoms with E-state index in [1.807, 2.05) is 6.92 Å². The average molecular weight is 447 g/mol. The van der Waals surface area contributed by atoms with Gasteiger partial charge in [-0.25, -0.2) is 4.18 Å². The van der Waals surface area contributed by atoms with Crippen molar-refractivity contribution in [1.82, 2.24) is 24.6 Å². The van der Waals surface area contributed by atoms with Gasteiger partial charge in [0.25, 0.3) is 0 Å². The lowest BCUT2D eigenvalue weighted by Crippen LogP contribution is -2.50. The maximum absolute atomic E-state index is 13.0. The van der Waals surface area contributed by atoms with Crippen LogP contribution in [0.4, 0.5) is 13.2 Å². The lowest BCUT2D eigenvalue weighted by molar-refractivity contribution is -0.137. The third-order valence-electron chi connectivity index (χ3n) is 5.08. The largest absolute Gasteiger partial charge is 0.416 e. The summed E-state index contributed by atoms with van der Waals surface area (Å²) in [4.78, 5) is 0. The fraction of sp³-hybridized carbons (Fsp3) is 0.556. The van der Waals surface area contributed by atoms with Crippen LogP contribution in [0.5, 0.6) is 0 Å². The van der Waals surface area contributed by atoms with E-state index in [0.717, 1.165) is 16.4 Å². The third-order valence-corrected chi connectivity index (χ3v) is 6.51. The lowest BCUT2D eigenvalue weighted by Gasteiger charge is -2.43. The minimum Gasteiger partial charge on any atom is -0.306 e. The van der Waals surface area contributed by atoms with Crippen LogP contribution in [0.2, 0.25) is 0 Å². The van der Waals surface area contributed by atoms with Crippen LogP contribution in [0, 0.1) is 0 Å². The van der Waals surface area contributed by atoms with Crippen LogP contribution in [-0.4, -0.2) is 47.9 Å². The zero-order valence-corrected chi connectivity index (χ0v) is 17.8. The highest BCUT2D eigenvalue weighted by Crippen LogP contribution is 2.44. The molecule has 0 saturated carbocycles. The number of benzene rings is 1. The molecule has 0 amide bonds. The smallest absolute Gasteiger partial charge is 0.306 e. The van der Waals surface area contributed by atoms with Crippen molar-refractivity contribution in [2.75, 3.05) is 14.1 Å². The van der Waals surface area contributed by atoms with Crippen molar-refractivity contribution in [1.29, 1.82) is 0 Å². The molecule has 0 radical (unpaired) electrons. The number of hydrogen-bond donors (Lipinski definition) is 1. The highest BCUT2D eigenvalue weighted by atomic mass is 32.2. The van der Waals surface area contributed by atoms with Gasteiger partial charge in [-0.3, -0.25) is 4.68 Å². The van der Waals surface area contributed by atoms with Crippen LogP contribution in [0.3, 0.4) is 0 Å². The molecule has 1 aromatic heterocycles. The molecule has 0 aliphatic carbocycles. The van der Waals surface area contributed by atoms with E-state index in [1.54, 1.807) is 13.2 Å². The summed E-state index contributed by atoms with van der Waals surface area (Å²) in [5, 5.41) is 11.3. The summed E-state index contributed by atoms with van der Waals surface area (Å²) in [5.41, 5.74) is -1.25. The molecule has 1 fully saturated rings. The number of halogens is 3. The molecule has 0 spiro atoms. The first kappa shape index (κ1) is 22.7. The van der Waals surface area contributed by atoms with E-state index in [2.05, 4.69) is 15.6 Å². The highest BCUT2D eigenvalue weighted by molar-refractivity contribution is 7.84. The number of aryl methyl sites for hydroxylation is 1. The average Bonchev–Trinajstić information content (AvgIpc) is 3.06. The number of piperidine rings is 1. The molecule has 0 bridgehead atoms. The Balaban J connectivity index is 2.07. The zero-order chi connectivity index (χ0) is 22.3. The van der Waals surface area contributed by atoms with E-state index in [-0.39, 0.29) is 18.9 Å². The molecule has 1 aliphatic heterocycles. The minimum atomic E-state index is -4.49. The van der Waals surface area contributed by atoms with E-state index in [1.165, 1.54) is 30.9 Å². The number of aromatic nitrogens is 3. The summed E-state index contributed by atoms with van der Waals surface area (Å²) < 4.78 is 72.5. The predicted molar refractivity (Wildman–Crippen MR) is 102 cm³/mol. The maximum atomic E-state index is 13.0. The molecule has 2 aromatic rings. The van der Waals surface area contributed by atoms with Crippen molar-refractivity contribution in [3.05, 3.63) is 47.3 Å². The van der Waals surface area contributed by atoms with Crippen molar-refractivity contribution < 1.29 is 25.8 Å². The summed E-state index contributed by atoms with van der Waals surface area (Å²) in [6, 6.07) is 3.83. The van der Waals surface area contributed by atoms with Crippen LogP contribution in [0.1, 0.15) is 42.6 Å². The first-order chi connectivity index (χ1) is 13.8. The Kier molecular flexibility index (Phi) is 5.98. The van der Waals surface area contributed by atoms with Gasteiger partial charge < -0.3 is 5.32 Å². The predicted octanol–water partition coefficient (Wildman–Crippen LogP) is 2.37. The second kappa shape index (κ2) is 7.91. The van der Waals surface area contributed by atoms with E-state index in [4.69, 9.17) is 4.18 Å². The van der Waals surface area contributed by atoms with Gasteiger partial charge >= 0.3 is 16.5 Å². The van der Waals surface area contributed by atoms with Gasteiger partial charge in [-0.1, -0.05) is 17.3 Å².